The standard InChI is InChI=1S/C9H11NOS/c10-7-4-5-12-9-6(7)2-1-3-8(9)11/h1-3,7,11H,4-5,10H2. The lowest BCUT2D eigenvalue weighted by Crippen LogP contribution is -2.15. The monoisotopic (exact) mass is 181 g/mol. The van der Waals surface area contributed by atoms with Crippen molar-refractivity contribution in [2.75, 3.05) is 5.75 Å². The van der Waals surface area contributed by atoms with Gasteiger partial charge in [0.15, 0.2) is 0 Å². The third kappa shape index (κ3) is 1.19. The third-order valence-corrected chi connectivity index (χ3v) is 3.27. The van der Waals surface area contributed by atoms with E-state index in [-0.39, 0.29) is 6.04 Å². The molecule has 0 aliphatic carbocycles. The zero-order valence-electron chi connectivity index (χ0n) is 6.66. The van der Waals surface area contributed by atoms with Crippen molar-refractivity contribution in [2.45, 2.75) is 17.4 Å². The molecule has 0 aromatic heterocycles. The van der Waals surface area contributed by atoms with E-state index in [2.05, 4.69) is 0 Å². The Morgan fingerprint density at radius 1 is 1.50 bits per heavy atom. The Morgan fingerprint density at radius 2 is 2.33 bits per heavy atom. The van der Waals surface area contributed by atoms with Crippen LogP contribution < -0.4 is 5.73 Å². The van der Waals surface area contributed by atoms with E-state index in [1.807, 2.05) is 12.1 Å². The van der Waals surface area contributed by atoms with Gasteiger partial charge < -0.3 is 10.8 Å². The predicted molar refractivity (Wildman–Crippen MR) is 50.4 cm³/mol. The molecule has 0 saturated carbocycles. The minimum atomic E-state index is 0.105. The van der Waals surface area contributed by atoms with E-state index >= 15 is 0 Å². The van der Waals surface area contributed by atoms with Crippen LogP contribution in [0.5, 0.6) is 5.75 Å². The lowest BCUT2D eigenvalue weighted by atomic mass is 10.0. The van der Waals surface area contributed by atoms with Crippen molar-refractivity contribution in [3.8, 4) is 5.75 Å². The Labute approximate surface area is 75.8 Å². The summed E-state index contributed by atoms with van der Waals surface area (Å²) < 4.78 is 0. The van der Waals surface area contributed by atoms with Crippen LogP contribution in [-0.4, -0.2) is 10.9 Å². The van der Waals surface area contributed by atoms with Crippen LogP contribution >= 0.6 is 11.8 Å². The topological polar surface area (TPSA) is 46.2 Å². The van der Waals surface area contributed by atoms with Crippen LogP contribution in [0.4, 0.5) is 0 Å². The molecule has 1 aromatic carbocycles. The van der Waals surface area contributed by atoms with Crippen LogP contribution in [0.2, 0.25) is 0 Å². The molecule has 0 bridgehead atoms. The molecule has 0 spiro atoms. The first-order valence-corrected chi connectivity index (χ1v) is 4.98. The lowest BCUT2D eigenvalue weighted by Gasteiger charge is -2.21. The molecule has 64 valence electrons. The molecule has 0 fully saturated rings. The van der Waals surface area contributed by atoms with Crippen molar-refractivity contribution in [3.63, 3.8) is 0 Å². The van der Waals surface area contributed by atoms with Gasteiger partial charge in [0.05, 0.1) is 4.90 Å². The average molecular weight is 181 g/mol. The molecule has 0 radical (unpaired) electrons. The Morgan fingerprint density at radius 3 is 3.08 bits per heavy atom. The van der Waals surface area contributed by atoms with E-state index in [0.717, 1.165) is 22.6 Å². The highest BCUT2D eigenvalue weighted by molar-refractivity contribution is 7.99. The zero-order chi connectivity index (χ0) is 8.55. The zero-order valence-corrected chi connectivity index (χ0v) is 7.47. The number of aromatic hydroxyl groups is 1. The summed E-state index contributed by atoms with van der Waals surface area (Å²) in [6, 6.07) is 5.66. The highest BCUT2D eigenvalue weighted by Gasteiger charge is 2.19. The summed E-state index contributed by atoms with van der Waals surface area (Å²) in [5, 5.41) is 9.50. The van der Waals surface area contributed by atoms with Crippen LogP contribution in [0.1, 0.15) is 18.0 Å². The normalized spacial score (nSPS) is 21.9. The van der Waals surface area contributed by atoms with Crippen LogP contribution in [0.3, 0.4) is 0 Å². The molecule has 2 nitrogen and oxygen atoms in total. The number of fused-ring (bicyclic) bond motifs is 1. The molecule has 12 heavy (non-hydrogen) atoms. The summed E-state index contributed by atoms with van der Waals surface area (Å²) in [5.41, 5.74) is 6.98. The molecule has 2 rings (SSSR count). The highest BCUT2D eigenvalue weighted by atomic mass is 32.2. The average Bonchev–Trinajstić information content (AvgIpc) is 2.07. The van der Waals surface area contributed by atoms with Gasteiger partial charge >= 0.3 is 0 Å². The van der Waals surface area contributed by atoms with Crippen LogP contribution in [0, 0.1) is 0 Å². The minimum Gasteiger partial charge on any atom is -0.507 e. The van der Waals surface area contributed by atoms with Crippen LogP contribution in [0.25, 0.3) is 0 Å². The summed E-state index contributed by atoms with van der Waals surface area (Å²) in [5.74, 6) is 1.37. The Hall–Kier alpha value is -0.670. The number of thioether (sulfide) groups is 1. The SMILES string of the molecule is NC1CCSc2c(O)cccc21. The summed E-state index contributed by atoms with van der Waals surface area (Å²) in [7, 11) is 0. The second kappa shape index (κ2) is 2.99. The number of hydrogen-bond donors (Lipinski definition) is 2. The van der Waals surface area contributed by atoms with Gasteiger partial charge in [-0.25, -0.2) is 0 Å². The predicted octanol–water partition coefficient (Wildman–Crippen LogP) is 1.89. The first-order chi connectivity index (χ1) is 5.79. The molecule has 3 N–H and O–H groups in total. The molecule has 3 heteroatoms. The molecule has 1 atom stereocenters. The number of phenolic OH excluding ortho intramolecular Hbond substituents is 1. The van der Waals surface area contributed by atoms with Crippen molar-refractivity contribution in [2.24, 2.45) is 5.73 Å². The Kier molecular flexibility index (Phi) is 1.98. The van der Waals surface area contributed by atoms with Crippen molar-refractivity contribution in [1.29, 1.82) is 0 Å². The Bertz CT molecular complexity index is 301. The third-order valence-electron chi connectivity index (χ3n) is 2.10. The molecule has 1 aliphatic heterocycles. The fourth-order valence-corrected chi connectivity index (χ4v) is 2.61. The van der Waals surface area contributed by atoms with Gasteiger partial charge in [0.1, 0.15) is 5.75 Å². The van der Waals surface area contributed by atoms with Gasteiger partial charge in [0, 0.05) is 6.04 Å². The summed E-state index contributed by atoms with van der Waals surface area (Å²) in [4.78, 5) is 0.969. The van der Waals surface area contributed by atoms with E-state index in [0.29, 0.717) is 5.75 Å². The van der Waals surface area contributed by atoms with Gasteiger partial charge in [0.25, 0.3) is 0 Å². The van der Waals surface area contributed by atoms with Gasteiger partial charge in [0.2, 0.25) is 0 Å². The largest absolute Gasteiger partial charge is 0.507 e. The Balaban J connectivity index is 2.52. The fraction of sp³-hybridized carbons (Fsp3) is 0.333. The molecule has 0 amide bonds. The second-order valence-corrected chi connectivity index (χ2v) is 4.04. The quantitative estimate of drug-likeness (QED) is 0.642. The number of benzene rings is 1. The number of phenols is 1. The molecular weight excluding hydrogens is 170 g/mol. The summed E-state index contributed by atoms with van der Waals surface area (Å²) >= 11 is 1.69. The van der Waals surface area contributed by atoms with Crippen molar-refractivity contribution < 1.29 is 5.11 Å². The molecular formula is C9H11NOS. The molecule has 0 saturated heterocycles. The summed E-state index contributed by atoms with van der Waals surface area (Å²) in [6.07, 6.45) is 1.00. The lowest BCUT2D eigenvalue weighted by molar-refractivity contribution is 0.457. The molecule has 1 aromatic rings. The fourth-order valence-electron chi connectivity index (χ4n) is 1.43. The van der Waals surface area contributed by atoms with Gasteiger partial charge in [-0.2, -0.15) is 0 Å². The van der Waals surface area contributed by atoms with E-state index < -0.39 is 0 Å². The van der Waals surface area contributed by atoms with Gasteiger partial charge in [-0.15, -0.1) is 11.8 Å². The maximum Gasteiger partial charge on any atom is 0.129 e. The van der Waals surface area contributed by atoms with Gasteiger partial charge in [-0.1, -0.05) is 12.1 Å². The highest BCUT2D eigenvalue weighted by Crippen LogP contribution is 2.40. The van der Waals surface area contributed by atoms with Gasteiger partial charge in [-0.05, 0) is 23.8 Å². The molecule has 1 unspecified atom stereocenters. The first kappa shape index (κ1) is 7.95. The maximum atomic E-state index is 9.50. The van der Waals surface area contributed by atoms with E-state index in [1.54, 1.807) is 17.8 Å². The van der Waals surface area contributed by atoms with Crippen LogP contribution in [0.15, 0.2) is 23.1 Å². The number of rotatable bonds is 0. The molecule has 1 heterocycles. The van der Waals surface area contributed by atoms with Crippen LogP contribution in [-0.2, 0) is 0 Å². The van der Waals surface area contributed by atoms with Crippen molar-refractivity contribution >= 4 is 11.8 Å². The summed E-state index contributed by atoms with van der Waals surface area (Å²) in [6.45, 7) is 0. The number of nitrogens with two attached hydrogens (primary N) is 1. The van der Waals surface area contributed by atoms with Crippen molar-refractivity contribution in [1.82, 2.24) is 0 Å². The maximum absolute atomic E-state index is 9.50. The smallest absolute Gasteiger partial charge is 0.129 e. The second-order valence-electron chi connectivity index (χ2n) is 2.94. The van der Waals surface area contributed by atoms with E-state index in [9.17, 15) is 5.11 Å². The van der Waals surface area contributed by atoms with Crippen molar-refractivity contribution in [3.05, 3.63) is 23.8 Å². The van der Waals surface area contributed by atoms with E-state index in [1.165, 1.54) is 0 Å². The minimum absolute atomic E-state index is 0.105. The number of hydrogen-bond acceptors (Lipinski definition) is 3. The molecule has 1 aliphatic rings. The first-order valence-electron chi connectivity index (χ1n) is 3.99. The van der Waals surface area contributed by atoms with Gasteiger partial charge in [-0.3, -0.25) is 0 Å². The van der Waals surface area contributed by atoms with E-state index in [4.69, 9.17) is 5.73 Å².